The quantitative estimate of drug-likeness (QED) is 0.841. The molecule has 138 valence electrons. The highest BCUT2D eigenvalue weighted by molar-refractivity contribution is 5.81. The van der Waals surface area contributed by atoms with Crippen molar-refractivity contribution in [2.24, 2.45) is 0 Å². The molecule has 2 fully saturated rings. The van der Waals surface area contributed by atoms with Crippen LogP contribution in [0.25, 0.3) is 0 Å². The fourth-order valence-corrected chi connectivity index (χ4v) is 4.05. The minimum Gasteiger partial charge on any atom is -0.372 e. The molecule has 0 aromatic heterocycles. The number of anilines is 1. The number of benzene rings is 1. The molecule has 2 aliphatic heterocycles. The predicted molar refractivity (Wildman–Crippen MR) is 101 cm³/mol. The minimum atomic E-state index is -0.0588. The molecule has 1 aromatic carbocycles. The van der Waals surface area contributed by atoms with E-state index in [0.29, 0.717) is 13.1 Å². The van der Waals surface area contributed by atoms with E-state index in [1.165, 1.54) is 11.3 Å². The number of morpholine rings is 1. The van der Waals surface area contributed by atoms with Crippen LogP contribution in [0.15, 0.2) is 24.3 Å². The SMILES string of the molecule is Cc1ccccc1N1CCN([C@@H](C)C(=O)N2C[C@@H](C)O[C@@H](C)C2)CC1. The molecule has 0 saturated carbocycles. The number of para-hydroxylation sites is 1. The molecule has 2 saturated heterocycles. The van der Waals surface area contributed by atoms with Crippen LogP contribution in [0.5, 0.6) is 0 Å². The summed E-state index contributed by atoms with van der Waals surface area (Å²) in [4.78, 5) is 19.6. The summed E-state index contributed by atoms with van der Waals surface area (Å²) in [6, 6.07) is 8.48. The van der Waals surface area contributed by atoms with Gasteiger partial charge in [0.05, 0.1) is 18.2 Å². The minimum absolute atomic E-state index is 0.0588. The number of amides is 1. The number of ether oxygens (including phenoxy) is 1. The van der Waals surface area contributed by atoms with E-state index in [-0.39, 0.29) is 24.2 Å². The molecule has 0 spiro atoms. The van der Waals surface area contributed by atoms with E-state index in [0.717, 1.165) is 26.2 Å². The van der Waals surface area contributed by atoms with Crippen molar-refractivity contribution < 1.29 is 9.53 Å². The van der Waals surface area contributed by atoms with Crippen molar-refractivity contribution >= 4 is 11.6 Å². The Labute approximate surface area is 151 Å². The van der Waals surface area contributed by atoms with Crippen LogP contribution in [0, 0.1) is 6.92 Å². The lowest BCUT2D eigenvalue weighted by atomic mass is 10.1. The van der Waals surface area contributed by atoms with E-state index in [1.54, 1.807) is 0 Å². The normalized spacial score (nSPS) is 26.6. The molecule has 1 amide bonds. The van der Waals surface area contributed by atoms with E-state index in [9.17, 15) is 4.79 Å². The van der Waals surface area contributed by atoms with Crippen molar-refractivity contribution in [2.45, 2.75) is 45.9 Å². The lowest BCUT2D eigenvalue weighted by Gasteiger charge is -2.42. The fraction of sp³-hybridized carbons (Fsp3) is 0.650. The smallest absolute Gasteiger partial charge is 0.239 e. The van der Waals surface area contributed by atoms with E-state index < -0.39 is 0 Å². The predicted octanol–water partition coefficient (Wildman–Crippen LogP) is 2.14. The average Bonchev–Trinajstić information content (AvgIpc) is 2.60. The number of carbonyl (C=O) groups is 1. The van der Waals surface area contributed by atoms with E-state index >= 15 is 0 Å². The van der Waals surface area contributed by atoms with Crippen LogP contribution in [0.4, 0.5) is 5.69 Å². The number of hydrogen-bond donors (Lipinski definition) is 0. The number of rotatable bonds is 3. The summed E-state index contributed by atoms with van der Waals surface area (Å²) in [7, 11) is 0. The third-order valence-electron chi connectivity index (χ3n) is 5.41. The van der Waals surface area contributed by atoms with Crippen LogP contribution in [0.3, 0.4) is 0 Å². The van der Waals surface area contributed by atoms with Gasteiger partial charge in [-0.2, -0.15) is 0 Å². The molecule has 5 nitrogen and oxygen atoms in total. The Bertz CT molecular complexity index is 588. The summed E-state index contributed by atoms with van der Waals surface area (Å²) < 4.78 is 5.75. The Hall–Kier alpha value is -1.59. The van der Waals surface area contributed by atoms with Gasteiger partial charge in [0, 0.05) is 45.0 Å². The van der Waals surface area contributed by atoms with Gasteiger partial charge in [0.25, 0.3) is 0 Å². The Kier molecular flexibility index (Phi) is 5.64. The zero-order valence-electron chi connectivity index (χ0n) is 15.9. The van der Waals surface area contributed by atoms with Crippen LogP contribution < -0.4 is 4.90 Å². The maximum absolute atomic E-state index is 12.9. The monoisotopic (exact) mass is 345 g/mol. The first-order chi connectivity index (χ1) is 12.0. The summed E-state index contributed by atoms with van der Waals surface area (Å²) in [5.74, 6) is 0.242. The number of nitrogens with zero attached hydrogens (tertiary/aromatic N) is 3. The third kappa shape index (κ3) is 4.15. The second-order valence-corrected chi connectivity index (χ2v) is 7.49. The summed E-state index contributed by atoms with van der Waals surface area (Å²) in [6.07, 6.45) is 0.246. The number of carbonyl (C=O) groups excluding carboxylic acids is 1. The van der Waals surface area contributed by atoms with Crippen molar-refractivity contribution in [3.05, 3.63) is 29.8 Å². The lowest BCUT2D eigenvalue weighted by Crippen LogP contribution is -2.57. The van der Waals surface area contributed by atoms with Crippen molar-refractivity contribution in [1.29, 1.82) is 0 Å². The third-order valence-corrected chi connectivity index (χ3v) is 5.41. The van der Waals surface area contributed by atoms with Gasteiger partial charge in [0.1, 0.15) is 0 Å². The highest BCUT2D eigenvalue weighted by Crippen LogP contribution is 2.22. The molecular weight excluding hydrogens is 314 g/mol. The first kappa shape index (κ1) is 18.2. The molecule has 0 N–H and O–H groups in total. The van der Waals surface area contributed by atoms with Crippen molar-refractivity contribution in [1.82, 2.24) is 9.80 Å². The van der Waals surface area contributed by atoms with Gasteiger partial charge in [-0.15, -0.1) is 0 Å². The maximum Gasteiger partial charge on any atom is 0.239 e. The first-order valence-corrected chi connectivity index (χ1v) is 9.44. The zero-order chi connectivity index (χ0) is 18.0. The van der Waals surface area contributed by atoms with Crippen LogP contribution in [0.1, 0.15) is 26.3 Å². The van der Waals surface area contributed by atoms with Crippen molar-refractivity contribution in [3.63, 3.8) is 0 Å². The molecular formula is C20H31N3O2. The zero-order valence-corrected chi connectivity index (χ0v) is 15.9. The fourth-order valence-electron chi connectivity index (χ4n) is 4.05. The lowest BCUT2D eigenvalue weighted by molar-refractivity contribution is -0.148. The van der Waals surface area contributed by atoms with Crippen LogP contribution in [0.2, 0.25) is 0 Å². The van der Waals surface area contributed by atoms with Crippen LogP contribution in [-0.4, -0.2) is 73.2 Å². The highest BCUT2D eigenvalue weighted by Gasteiger charge is 2.32. The maximum atomic E-state index is 12.9. The Morgan fingerprint density at radius 1 is 1.08 bits per heavy atom. The molecule has 25 heavy (non-hydrogen) atoms. The number of piperazine rings is 1. The second-order valence-electron chi connectivity index (χ2n) is 7.49. The van der Waals surface area contributed by atoms with Gasteiger partial charge in [-0.1, -0.05) is 18.2 Å². The summed E-state index contributed by atoms with van der Waals surface area (Å²) in [5.41, 5.74) is 2.63. The van der Waals surface area contributed by atoms with Gasteiger partial charge in [-0.3, -0.25) is 9.69 Å². The Morgan fingerprint density at radius 3 is 2.28 bits per heavy atom. The first-order valence-electron chi connectivity index (χ1n) is 9.44. The molecule has 3 rings (SSSR count). The van der Waals surface area contributed by atoms with Crippen molar-refractivity contribution in [3.8, 4) is 0 Å². The summed E-state index contributed by atoms with van der Waals surface area (Å²) in [6.45, 7) is 13.5. The molecule has 0 bridgehead atoms. The number of hydrogen-bond acceptors (Lipinski definition) is 4. The number of aryl methyl sites for hydroxylation is 1. The molecule has 0 unspecified atom stereocenters. The van der Waals surface area contributed by atoms with Gasteiger partial charge >= 0.3 is 0 Å². The summed E-state index contributed by atoms with van der Waals surface area (Å²) >= 11 is 0. The molecule has 2 heterocycles. The van der Waals surface area contributed by atoms with E-state index in [1.807, 2.05) is 18.7 Å². The second kappa shape index (κ2) is 7.75. The van der Waals surface area contributed by atoms with Crippen LogP contribution in [-0.2, 0) is 9.53 Å². The highest BCUT2D eigenvalue weighted by atomic mass is 16.5. The van der Waals surface area contributed by atoms with Gasteiger partial charge in [-0.05, 0) is 39.3 Å². The van der Waals surface area contributed by atoms with Crippen molar-refractivity contribution in [2.75, 3.05) is 44.2 Å². The largest absolute Gasteiger partial charge is 0.372 e. The standard InChI is InChI=1S/C20H31N3O2/c1-15-7-5-6-8-19(15)22-11-9-21(10-12-22)18(4)20(24)23-13-16(2)25-17(3)14-23/h5-8,16-18H,9-14H2,1-4H3/t16-,17+,18-/m0/s1. The molecule has 0 aliphatic carbocycles. The molecule has 1 aromatic rings. The topological polar surface area (TPSA) is 36.0 Å². The summed E-state index contributed by atoms with van der Waals surface area (Å²) in [5, 5.41) is 0. The van der Waals surface area contributed by atoms with Gasteiger partial charge in [0.15, 0.2) is 0 Å². The van der Waals surface area contributed by atoms with Gasteiger partial charge in [0.2, 0.25) is 5.91 Å². The Morgan fingerprint density at radius 2 is 1.68 bits per heavy atom. The molecule has 0 radical (unpaired) electrons. The van der Waals surface area contributed by atoms with Gasteiger partial charge in [-0.25, -0.2) is 0 Å². The molecule has 5 heteroatoms. The Balaban J connectivity index is 1.57. The van der Waals surface area contributed by atoms with Crippen LogP contribution >= 0.6 is 0 Å². The molecule has 3 atom stereocenters. The van der Waals surface area contributed by atoms with Gasteiger partial charge < -0.3 is 14.5 Å². The average molecular weight is 345 g/mol. The van der Waals surface area contributed by atoms with E-state index in [2.05, 4.69) is 47.9 Å². The molecule has 2 aliphatic rings. The van der Waals surface area contributed by atoms with E-state index in [4.69, 9.17) is 4.74 Å².